The van der Waals surface area contributed by atoms with Crippen LogP contribution in [0, 0.1) is 16.7 Å². The molecule has 1 N–H and O–H groups in total. The predicted molar refractivity (Wildman–Crippen MR) is 106 cm³/mol. The van der Waals surface area contributed by atoms with E-state index < -0.39 is 0 Å². The standard InChI is InChI=1S/C23H35NO2/c1-5-25-19-8-7-17(9-20(19)26-6-2)13-24-23-12-18-10-21(3,15-23)14-22(4,11-18)16-23/h7-9,18,24H,5-6,10-16H2,1-4H3. The molecule has 4 bridgehead atoms. The van der Waals surface area contributed by atoms with Crippen LogP contribution in [0.15, 0.2) is 18.2 Å². The van der Waals surface area contributed by atoms with Crippen LogP contribution in [0.2, 0.25) is 0 Å². The van der Waals surface area contributed by atoms with Crippen molar-refractivity contribution >= 4 is 0 Å². The van der Waals surface area contributed by atoms with E-state index in [1.807, 2.05) is 13.8 Å². The van der Waals surface area contributed by atoms with Crippen LogP contribution in [0.4, 0.5) is 0 Å². The van der Waals surface area contributed by atoms with Crippen LogP contribution in [-0.4, -0.2) is 18.8 Å². The third-order valence-corrected chi connectivity index (χ3v) is 6.90. The second-order valence-corrected chi connectivity index (χ2v) is 9.91. The maximum absolute atomic E-state index is 5.81. The molecule has 3 heteroatoms. The van der Waals surface area contributed by atoms with E-state index in [-0.39, 0.29) is 0 Å². The topological polar surface area (TPSA) is 30.5 Å². The van der Waals surface area contributed by atoms with Gasteiger partial charge in [0.05, 0.1) is 13.2 Å². The van der Waals surface area contributed by atoms with E-state index in [4.69, 9.17) is 9.47 Å². The fraction of sp³-hybridized carbons (Fsp3) is 0.739. The van der Waals surface area contributed by atoms with Gasteiger partial charge in [0.15, 0.2) is 11.5 Å². The van der Waals surface area contributed by atoms with Crippen molar-refractivity contribution in [3.8, 4) is 11.5 Å². The lowest BCUT2D eigenvalue weighted by Crippen LogP contribution is -2.63. The van der Waals surface area contributed by atoms with E-state index in [9.17, 15) is 0 Å². The van der Waals surface area contributed by atoms with Gasteiger partial charge in [-0.05, 0) is 86.8 Å². The van der Waals surface area contributed by atoms with E-state index in [0.717, 1.165) is 24.0 Å². The van der Waals surface area contributed by atoms with E-state index in [1.54, 1.807) is 0 Å². The molecule has 26 heavy (non-hydrogen) atoms. The predicted octanol–water partition coefficient (Wildman–Crippen LogP) is 5.32. The van der Waals surface area contributed by atoms with Crippen LogP contribution in [0.5, 0.6) is 11.5 Å². The van der Waals surface area contributed by atoms with Crippen LogP contribution in [0.25, 0.3) is 0 Å². The van der Waals surface area contributed by atoms with Gasteiger partial charge >= 0.3 is 0 Å². The Morgan fingerprint density at radius 3 is 2.19 bits per heavy atom. The summed E-state index contributed by atoms with van der Waals surface area (Å²) in [6.45, 7) is 11.4. The van der Waals surface area contributed by atoms with Gasteiger partial charge in [-0.15, -0.1) is 0 Å². The Hall–Kier alpha value is -1.22. The van der Waals surface area contributed by atoms with Gasteiger partial charge in [0.2, 0.25) is 0 Å². The maximum atomic E-state index is 5.81. The SMILES string of the molecule is CCOc1ccc(CNC23CC4CC(C)(CC(C)(C4)C2)C3)cc1OCC. The average molecular weight is 358 g/mol. The summed E-state index contributed by atoms with van der Waals surface area (Å²) in [6.07, 6.45) is 8.39. The highest BCUT2D eigenvalue weighted by atomic mass is 16.5. The van der Waals surface area contributed by atoms with E-state index >= 15 is 0 Å². The molecule has 0 aliphatic heterocycles. The van der Waals surface area contributed by atoms with Gasteiger partial charge in [0.1, 0.15) is 0 Å². The van der Waals surface area contributed by atoms with Crippen LogP contribution >= 0.6 is 0 Å². The number of hydrogen-bond donors (Lipinski definition) is 1. The van der Waals surface area contributed by atoms with Gasteiger partial charge in [-0.25, -0.2) is 0 Å². The van der Waals surface area contributed by atoms with Crippen molar-refractivity contribution in [2.24, 2.45) is 16.7 Å². The summed E-state index contributed by atoms with van der Waals surface area (Å²) < 4.78 is 11.5. The molecule has 0 heterocycles. The minimum absolute atomic E-state index is 0.341. The van der Waals surface area contributed by atoms with E-state index in [1.165, 1.54) is 44.1 Å². The number of benzene rings is 1. The van der Waals surface area contributed by atoms with Gasteiger partial charge < -0.3 is 14.8 Å². The molecule has 2 atom stereocenters. The Morgan fingerprint density at radius 2 is 1.58 bits per heavy atom. The van der Waals surface area contributed by atoms with Gasteiger partial charge in [-0.3, -0.25) is 0 Å². The molecular weight excluding hydrogens is 322 g/mol. The Bertz CT molecular complexity index is 652. The Labute approximate surface area is 158 Å². The molecule has 4 fully saturated rings. The molecule has 0 radical (unpaired) electrons. The van der Waals surface area contributed by atoms with Gasteiger partial charge in [-0.1, -0.05) is 19.9 Å². The van der Waals surface area contributed by atoms with Gasteiger partial charge in [0.25, 0.3) is 0 Å². The molecular formula is C23H35NO2. The number of hydrogen-bond acceptors (Lipinski definition) is 3. The molecule has 4 saturated carbocycles. The van der Waals surface area contributed by atoms with Crippen molar-refractivity contribution in [2.45, 2.75) is 78.3 Å². The first kappa shape index (κ1) is 18.2. The van der Waals surface area contributed by atoms with E-state index in [2.05, 4.69) is 37.4 Å². The van der Waals surface area contributed by atoms with Crippen molar-refractivity contribution in [3.63, 3.8) is 0 Å². The molecule has 0 spiro atoms. The van der Waals surface area contributed by atoms with Gasteiger partial charge in [-0.2, -0.15) is 0 Å². The average Bonchev–Trinajstić information content (AvgIpc) is 2.52. The lowest BCUT2D eigenvalue weighted by atomic mass is 9.43. The highest BCUT2D eigenvalue weighted by Crippen LogP contribution is 2.66. The highest BCUT2D eigenvalue weighted by Gasteiger charge is 2.59. The van der Waals surface area contributed by atoms with Crippen LogP contribution in [0.1, 0.15) is 71.8 Å². The molecule has 0 saturated heterocycles. The first-order valence-electron chi connectivity index (χ1n) is 10.5. The monoisotopic (exact) mass is 357 g/mol. The molecule has 144 valence electrons. The quantitative estimate of drug-likeness (QED) is 0.716. The Morgan fingerprint density at radius 1 is 0.923 bits per heavy atom. The number of nitrogens with one attached hydrogen (secondary N) is 1. The first-order chi connectivity index (χ1) is 12.4. The third-order valence-electron chi connectivity index (χ3n) is 6.90. The molecule has 1 aromatic rings. The minimum atomic E-state index is 0.341. The zero-order chi connectivity index (χ0) is 18.4. The summed E-state index contributed by atoms with van der Waals surface area (Å²) in [5.41, 5.74) is 2.74. The molecule has 5 rings (SSSR count). The molecule has 1 aromatic carbocycles. The lowest BCUT2D eigenvalue weighted by molar-refractivity contribution is -0.118. The normalized spacial score (nSPS) is 37.8. The summed E-state index contributed by atoms with van der Waals surface area (Å²) in [4.78, 5) is 0. The zero-order valence-electron chi connectivity index (χ0n) is 17.0. The number of ether oxygens (including phenoxy) is 2. The minimum Gasteiger partial charge on any atom is -0.490 e. The smallest absolute Gasteiger partial charge is 0.161 e. The lowest BCUT2D eigenvalue weighted by Gasteiger charge is -2.65. The van der Waals surface area contributed by atoms with Crippen molar-refractivity contribution in [3.05, 3.63) is 23.8 Å². The summed E-state index contributed by atoms with van der Waals surface area (Å²) >= 11 is 0. The van der Waals surface area contributed by atoms with Gasteiger partial charge in [0, 0.05) is 12.1 Å². The van der Waals surface area contributed by atoms with Crippen LogP contribution in [-0.2, 0) is 6.54 Å². The summed E-state index contributed by atoms with van der Waals surface area (Å²) in [5.74, 6) is 2.65. The van der Waals surface area contributed by atoms with Crippen LogP contribution < -0.4 is 14.8 Å². The first-order valence-corrected chi connectivity index (χ1v) is 10.5. The number of rotatable bonds is 7. The maximum Gasteiger partial charge on any atom is 0.161 e. The summed E-state index contributed by atoms with van der Waals surface area (Å²) in [6, 6.07) is 6.41. The Kier molecular flexibility index (Phi) is 4.50. The Balaban J connectivity index is 1.50. The third kappa shape index (κ3) is 3.35. The molecule has 3 nitrogen and oxygen atoms in total. The fourth-order valence-corrected chi connectivity index (χ4v) is 7.14. The molecule has 2 unspecified atom stereocenters. The van der Waals surface area contributed by atoms with Crippen LogP contribution in [0.3, 0.4) is 0 Å². The zero-order valence-corrected chi connectivity index (χ0v) is 17.0. The van der Waals surface area contributed by atoms with Crippen molar-refractivity contribution < 1.29 is 9.47 Å². The summed E-state index contributed by atoms with van der Waals surface area (Å²) in [7, 11) is 0. The second-order valence-electron chi connectivity index (χ2n) is 9.91. The highest BCUT2D eigenvalue weighted by molar-refractivity contribution is 5.43. The molecule has 4 aliphatic rings. The second kappa shape index (κ2) is 6.44. The molecule has 0 amide bonds. The van der Waals surface area contributed by atoms with E-state index in [0.29, 0.717) is 29.6 Å². The fourth-order valence-electron chi connectivity index (χ4n) is 7.14. The van der Waals surface area contributed by atoms with Crippen molar-refractivity contribution in [1.82, 2.24) is 5.32 Å². The van der Waals surface area contributed by atoms with Crippen molar-refractivity contribution in [1.29, 1.82) is 0 Å². The largest absolute Gasteiger partial charge is 0.490 e. The summed E-state index contributed by atoms with van der Waals surface area (Å²) in [5, 5.41) is 4.02. The molecule has 0 aromatic heterocycles. The molecule has 4 aliphatic carbocycles. The van der Waals surface area contributed by atoms with Crippen molar-refractivity contribution in [2.75, 3.05) is 13.2 Å².